The zero-order valence-electron chi connectivity index (χ0n) is 14.8. The van der Waals surface area contributed by atoms with E-state index in [1.165, 1.54) is 0 Å². The second kappa shape index (κ2) is 8.45. The predicted molar refractivity (Wildman–Crippen MR) is 102 cm³/mol. The van der Waals surface area contributed by atoms with Crippen LogP contribution in [0.5, 0.6) is 5.75 Å². The maximum atomic E-state index is 11.1. The molecular formula is C19H17ClN3O3S-. The molecule has 2 aromatic carbocycles. The molecule has 0 N–H and O–H groups in total. The molecule has 0 unspecified atom stereocenters. The van der Waals surface area contributed by atoms with Crippen molar-refractivity contribution < 1.29 is 14.6 Å². The third-order valence-electron chi connectivity index (χ3n) is 3.83. The van der Waals surface area contributed by atoms with Crippen LogP contribution in [0.2, 0.25) is 5.02 Å². The van der Waals surface area contributed by atoms with Crippen molar-refractivity contribution in [2.45, 2.75) is 30.9 Å². The third-order valence-corrected chi connectivity index (χ3v) is 5.09. The fraction of sp³-hybridized carbons (Fsp3) is 0.211. The van der Waals surface area contributed by atoms with Gasteiger partial charge in [0.05, 0.1) is 11.7 Å². The summed E-state index contributed by atoms with van der Waals surface area (Å²) in [6, 6.07) is 14.8. The molecule has 0 saturated carbocycles. The summed E-state index contributed by atoms with van der Waals surface area (Å²) in [5, 5.41) is 19.7. The van der Waals surface area contributed by atoms with Gasteiger partial charge in [-0.3, -0.25) is 4.57 Å². The highest BCUT2D eigenvalue weighted by molar-refractivity contribution is 8.00. The fourth-order valence-corrected chi connectivity index (χ4v) is 3.41. The molecule has 6 nitrogen and oxygen atoms in total. The van der Waals surface area contributed by atoms with Crippen molar-refractivity contribution in [3.63, 3.8) is 0 Å². The lowest BCUT2D eigenvalue weighted by atomic mass is 10.2. The summed E-state index contributed by atoms with van der Waals surface area (Å²) in [6.07, 6.45) is 0. The molecule has 8 heteroatoms. The lowest BCUT2D eigenvalue weighted by molar-refractivity contribution is -0.304. The number of ether oxygens (including phenoxy) is 1. The van der Waals surface area contributed by atoms with Gasteiger partial charge in [-0.15, -0.1) is 10.2 Å². The van der Waals surface area contributed by atoms with Crippen molar-refractivity contribution in [1.29, 1.82) is 0 Å². The van der Waals surface area contributed by atoms with Gasteiger partial charge in [0, 0.05) is 10.3 Å². The number of aromatic nitrogens is 3. The van der Waals surface area contributed by atoms with Crippen LogP contribution in [-0.2, 0) is 11.4 Å². The van der Waals surface area contributed by atoms with Crippen molar-refractivity contribution in [2.75, 3.05) is 0 Å². The monoisotopic (exact) mass is 402 g/mol. The number of halogens is 1. The molecule has 0 aliphatic heterocycles. The quantitative estimate of drug-likeness (QED) is 0.565. The standard InChI is InChI=1S/C19H18ClN3O3S/c1-12-6-3-4-9-16(12)26-11-17-21-22-19(27-13(2)18(24)25)23(17)15-8-5-7-14(20)10-15/h3-10,13H,11H2,1-2H3,(H,24,25)/p-1/t13-/m0/s1. The Morgan fingerprint density at radius 3 is 2.74 bits per heavy atom. The Hall–Kier alpha value is -2.51. The SMILES string of the molecule is Cc1ccccc1OCc1nnc(S[C@@H](C)C(=O)[O-])n1-c1cccc(Cl)c1. The minimum absolute atomic E-state index is 0.171. The van der Waals surface area contributed by atoms with Gasteiger partial charge in [-0.1, -0.05) is 47.6 Å². The highest BCUT2D eigenvalue weighted by Gasteiger charge is 2.18. The molecular weight excluding hydrogens is 386 g/mol. The van der Waals surface area contributed by atoms with E-state index in [9.17, 15) is 9.90 Å². The first-order chi connectivity index (χ1) is 13.0. The number of para-hydroxylation sites is 1. The number of hydrogen-bond acceptors (Lipinski definition) is 6. The number of nitrogens with zero attached hydrogens (tertiary/aromatic N) is 3. The molecule has 140 valence electrons. The lowest BCUT2D eigenvalue weighted by Crippen LogP contribution is -2.31. The summed E-state index contributed by atoms with van der Waals surface area (Å²) in [5.74, 6) is 0.113. The van der Waals surface area contributed by atoms with Crippen LogP contribution in [0, 0.1) is 6.92 Å². The molecule has 0 saturated heterocycles. The van der Waals surface area contributed by atoms with Gasteiger partial charge in [0.2, 0.25) is 0 Å². The van der Waals surface area contributed by atoms with E-state index in [-0.39, 0.29) is 6.61 Å². The molecule has 3 aromatic rings. The van der Waals surface area contributed by atoms with Crippen LogP contribution in [-0.4, -0.2) is 26.0 Å². The van der Waals surface area contributed by atoms with E-state index in [1.54, 1.807) is 29.7 Å². The zero-order chi connectivity index (χ0) is 19.4. The number of carbonyl (C=O) groups is 1. The number of aliphatic carboxylic acids is 1. The predicted octanol–water partition coefficient (Wildman–Crippen LogP) is 3.04. The molecule has 0 aliphatic carbocycles. The highest BCUT2D eigenvalue weighted by atomic mass is 35.5. The van der Waals surface area contributed by atoms with Crippen molar-refractivity contribution in [3.8, 4) is 11.4 Å². The number of rotatable bonds is 7. The lowest BCUT2D eigenvalue weighted by Gasteiger charge is -2.15. The van der Waals surface area contributed by atoms with E-state index < -0.39 is 11.2 Å². The Morgan fingerprint density at radius 2 is 2.04 bits per heavy atom. The van der Waals surface area contributed by atoms with Gasteiger partial charge >= 0.3 is 0 Å². The molecule has 0 amide bonds. The Morgan fingerprint density at radius 1 is 1.26 bits per heavy atom. The maximum Gasteiger partial charge on any atom is 0.196 e. The molecule has 0 radical (unpaired) electrons. The average molecular weight is 403 g/mol. The van der Waals surface area contributed by atoms with Crippen molar-refractivity contribution in [3.05, 3.63) is 64.9 Å². The normalized spacial score (nSPS) is 12.0. The summed E-state index contributed by atoms with van der Waals surface area (Å²) in [6.45, 7) is 3.67. The zero-order valence-corrected chi connectivity index (χ0v) is 16.3. The molecule has 1 heterocycles. The number of carboxylic acid groups (broad SMARTS) is 1. The van der Waals surface area contributed by atoms with Crippen LogP contribution < -0.4 is 9.84 Å². The molecule has 0 aliphatic rings. The minimum atomic E-state index is -1.17. The molecule has 27 heavy (non-hydrogen) atoms. The maximum absolute atomic E-state index is 11.1. The molecule has 3 rings (SSSR count). The van der Waals surface area contributed by atoms with Crippen LogP contribution >= 0.6 is 23.4 Å². The van der Waals surface area contributed by atoms with Crippen LogP contribution in [0.1, 0.15) is 18.3 Å². The summed E-state index contributed by atoms with van der Waals surface area (Å²) < 4.78 is 7.63. The van der Waals surface area contributed by atoms with E-state index in [0.717, 1.165) is 28.8 Å². The molecule has 1 aromatic heterocycles. The number of carbonyl (C=O) groups excluding carboxylic acids is 1. The van der Waals surface area contributed by atoms with Gasteiger partial charge in [-0.25, -0.2) is 0 Å². The number of benzene rings is 2. The smallest absolute Gasteiger partial charge is 0.196 e. The third kappa shape index (κ3) is 4.61. The second-order valence-corrected chi connectivity index (χ2v) is 7.59. The van der Waals surface area contributed by atoms with Gasteiger partial charge in [-0.2, -0.15) is 0 Å². The van der Waals surface area contributed by atoms with E-state index in [2.05, 4.69) is 10.2 Å². The first-order valence-corrected chi connectivity index (χ1v) is 9.47. The van der Waals surface area contributed by atoms with Crippen molar-refractivity contribution in [2.24, 2.45) is 0 Å². The highest BCUT2D eigenvalue weighted by Crippen LogP contribution is 2.27. The number of carboxylic acids is 1. The summed E-state index contributed by atoms with van der Waals surface area (Å²) >= 11 is 7.17. The first kappa shape index (κ1) is 19.3. The fourth-order valence-electron chi connectivity index (χ4n) is 2.41. The number of thioether (sulfide) groups is 1. The largest absolute Gasteiger partial charge is 0.549 e. The van der Waals surface area contributed by atoms with E-state index in [4.69, 9.17) is 16.3 Å². The van der Waals surface area contributed by atoms with Crippen LogP contribution in [0.4, 0.5) is 0 Å². The van der Waals surface area contributed by atoms with Gasteiger partial charge < -0.3 is 14.6 Å². The van der Waals surface area contributed by atoms with Crippen LogP contribution in [0.15, 0.2) is 53.7 Å². The van der Waals surface area contributed by atoms with Gasteiger partial charge in [0.1, 0.15) is 12.4 Å². The van der Waals surface area contributed by atoms with E-state index in [1.807, 2.05) is 37.3 Å². The first-order valence-electron chi connectivity index (χ1n) is 8.22. The van der Waals surface area contributed by atoms with E-state index in [0.29, 0.717) is 16.0 Å². The van der Waals surface area contributed by atoms with Gasteiger partial charge in [-0.05, 0) is 43.7 Å². The van der Waals surface area contributed by atoms with Crippen molar-refractivity contribution >= 4 is 29.3 Å². The molecule has 0 bridgehead atoms. The minimum Gasteiger partial charge on any atom is -0.549 e. The Labute approximate surface area is 166 Å². The second-order valence-electron chi connectivity index (χ2n) is 5.85. The molecule has 1 atom stereocenters. The Balaban J connectivity index is 1.94. The number of aryl methyl sites for hydroxylation is 1. The number of hydrogen-bond donors (Lipinski definition) is 0. The summed E-state index contributed by atoms with van der Waals surface area (Å²) in [7, 11) is 0. The van der Waals surface area contributed by atoms with Gasteiger partial charge in [0.25, 0.3) is 0 Å². The van der Waals surface area contributed by atoms with Crippen molar-refractivity contribution in [1.82, 2.24) is 14.8 Å². The topological polar surface area (TPSA) is 80.1 Å². The molecule has 0 spiro atoms. The van der Waals surface area contributed by atoms with Crippen LogP contribution in [0.25, 0.3) is 5.69 Å². The van der Waals surface area contributed by atoms with E-state index >= 15 is 0 Å². The summed E-state index contributed by atoms with van der Waals surface area (Å²) in [4.78, 5) is 11.1. The average Bonchev–Trinajstić information content (AvgIpc) is 3.03. The Bertz CT molecular complexity index is 961. The Kier molecular flexibility index (Phi) is 6.03. The van der Waals surface area contributed by atoms with Crippen LogP contribution in [0.3, 0.4) is 0 Å². The summed E-state index contributed by atoms with van der Waals surface area (Å²) in [5.41, 5.74) is 1.73. The van der Waals surface area contributed by atoms with Gasteiger partial charge in [0.15, 0.2) is 11.0 Å². The molecule has 0 fully saturated rings.